The molecule has 0 bridgehead atoms. The zero-order valence-electron chi connectivity index (χ0n) is 20.7. The second-order valence-corrected chi connectivity index (χ2v) is 8.53. The van der Waals surface area contributed by atoms with Gasteiger partial charge in [-0.3, -0.25) is 14.2 Å². The number of methoxy groups -OCH3 is 1. The Labute approximate surface area is 201 Å². The molecule has 0 aliphatic carbocycles. The molecule has 35 heavy (non-hydrogen) atoms. The van der Waals surface area contributed by atoms with Gasteiger partial charge in [0.05, 0.1) is 30.4 Å². The largest absolute Gasteiger partial charge is 0.371 e. The number of nitrogens with one attached hydrogen (secondary N) is 1. The van der Waals surface area contributed by atoms with Crippen molar-refractivity contribution in [1.29, 1.82) is 0 Å². The SMILES string of the molecule is [2H][C@](C)(Nc1ncnc2c1cc([C@@]1(OC)CCN(C(C)=O)C1)c(=O)n2C)c1cccc(C(F)F)c1F. The van der Waals surface area contributed by atoms with E-state index in [1.165, 1.54) is 51.0 Å². The first kappa shape index (κ1) is 23.3. The molecule has 3 aromatic rings. The van der Waals surface area contributed by atoms with Crippen LogP contribution in [-0.2, 0) is 22.2 Å². The molecule has 0 spiro atoms. The highest BCUT2D eigenvalue weighted by molar-refractivity contribution is 5.87. The number of aromatic nitrogens is 3. The number of pyridine rings is 1. The lowest BCUT2D eigenvalue weighted by Crippen LogP contribution is -2.40. The highest BCUT2D eigenvalue weighted by Gasteiger charge is 2.43. The van der Waals surface area contributed by atoms with Crippen LogP contribution in [0.25, 0.3) is 11.0 Å². The van der Waals surface area contributed by atoms with Gasteiger partial charge in [-0.05, 0) is 13.0 Å². The molecular formula is C24H26F3N5O3. The van der Waals surface area contributed by atoms with E-state index in [1.807, 2.05) is 0 Å². The van der Waals surface area contributed by atoms with Gasteiger partial charge in [-0.25, -0.2) is 23.1 Å². The Morgan fingerprint density at radius 1 is 1.31 bits per heavy atom. The summed E-state index contributed by atoms with van der Waals surface area (Å²) in [5.74, 6) is -1.23. The molecule has 1 saturated heterocycles. The summed E-state index contributed by atoms with van der Waals surface area (Å²) in [6.45, 7) is 3.34. The first-order valence-corrected chi connectivity index (χ1v) is 10.9. The molecule has 1 aliphatic heterocycles. The van der Waals surface area contributed by atoms with Crippen LogP contribution in [0.5, 0.6) is 0 Å². The monoisotopic (exact) mass is 490 g/mol. The van der Waals surface area contributed by atoms with Crippen LogP contribution in [0, 0.1) is 5.82 Å². The molecule has 1 N–H and O–H groups in total. The van der Waals surface area contributed by atoms with Gasteiger partial charge in [0.15, 0.2) is 0 Å². The van der Waals surface area contributed by atoms with Gasteiger partial charge in [0.1, 0.15) is 29.2 Å². The molecule has 1 fully saturated rings. The zero-order valence-corrected chi connectivity index (χ0v) is 19.7. The number of aryl methyl sites for hydroxylation is 1. The van der Waals surface area contributed by atoms with Crippen molar-refractivity contribution in [2.45, 2.75) is 38.3 Å². The van der Waals surface area contributed by atoms with Crippen LogP contribution < -0.4 is 10.9 Å². The van der Waals surface area contributed by atoms with Crippen molar-refractivity contribution in [1.82, 2.24) is 19.4 Å². The van der Waals surface area contributed by atoms with Crippen molar-refractivity contribution in [3.05, 3.63) is 63.5 Å². The van der Waals surface area contributed by atoms with E-state index < -0.39 is 29.4 Å². The quantitative estimate of drug-likeness (QED) is 0.567. The lowest BCUT2D eigenvalue weighted by Gasteiger charge is -2.28. The highest BCUT2D eigenvalue weighted by atomic mass is 19.3. The van der Waals surface area contributed by atoms with Crippen LogP contribution >= 0.6 is 0 Å². The van der Waals surface area contributed by atoms with E-state index in [4.69, 9.17) is 6.11 Å². The summed E-state index contributed by atoms with van der Waals surface area (Å²) in [6.07, 6.45) is -1.46. The van der Waals surface area contributed by atoms with E-state index >= 15 is 0 Å². The smallest absolute Gasteiger partial charge is 0.266 e. The summed E-state index contributed by atoms with van der Waals surface area (Å²) < 4.78 is 57.2. The second kappa shape index (κ2) is 9.29. The van der Waals surface area contributed by atoms with E-state index in [0.29, 0.717) is 18.4 Å². The number of likely N-dealkylation sites (tertiary alicyclic amines) is 1. The lowest BCUT2D eigenvalue weighted by molar-refractivity contribution is -0.129. The average molecular weight is 491 g/mol. The molecule has 3 heterocycles. The Kier molecular flexibility index (Phi) is 6.18. The van der Waals surface area contributed by atoms with E-state index in [0.717, 1.165) is 6.07 Å². The maximum Gasteiger partial charge on any atom is 0.266 e. The van der Waals surface area contributed by atoms with Gasteiger partial charge < -0.3 is 15.0 Å². The molecule has 1 aromatic carbocycles. The fraction of sp³-hybridized carbons (Fsp3) is 0.417. The van der Waals surface area contributed by atoms with Crippen LogP contribution in [0.3, 0.4) is 0 Å². The number of alkyl halides is 2. The molecule has 4 rings (SSSR count). The molecule has 1 amide bonds. The minimum atomic E-state index is -3.04. The third-order valence-corrected chi connectivity index (χ3v) is 6.54. The third kappa shape index (κ3) is 4.24. The molecular weight excluding hydrogens is 463 g/mol. The van der Waals surface area contributed by atoms with Gasteiger partial charge in [0, 0.05) is 39.6 Å². The van der Waals surface area contributed by atoms with Crippen LogP contribution in [0.15, 0.2) is 35.4 Å². The number of amides is 1. The molecule has 11 heteroatoms. The summed E-state index contributed by atoms with van der Waals surface area (Å²) in [5.41, 5.74) is -2.01. The standard InChI is InChI=1S/C24H26F3N5O3/c1-13(15-6-5-7-16(19(15)25)20(26)27)30-21-17-10-18(23(34)31(3)22(17)29-12-28-21)24(35-4)8-9-32(11-24)14(2)33/h5-7,10,12-13,20H,8-9,11H2,1-4H3,(H,28,29,30)/t13-,24-/m1/s1/i13D. The first-order chi connectivity index (χ1) is 16.9. The van der Waals surface area contributed by atoms with Crippen molar-refractivity contribution < 1.29 is 24.1 Å². The molecule has 0 unspecified atom stereocenters. The topological polar surface area (TPSA) is 89.4 Å². The molecule has 0 radical (unpaired) electrons. The van der Waals surface area contributed by atoms with Crippen LogP contribution in [0.4, 0.5) is 19.0 Å². The van der Waals surface area contributed by atoms with Crippen LogP contribution in [0.2, 0.25) is 0 Å². The maximum absolute atomic E-state index is 14.9. The summed E-state index contributed by atoms with van der Waals surface area (Å²) in [4.78, 5) is 35.2. The number of nitrogens with zero attached hydrogens (tertiary/aromatic N) is 4. The molecule has 1 aliphatic rings. The van der Waals surface area contributed by atoms with E-state index in [2.05, 4.69) is 15.3 Å². The number of benzene rings is 1. The molecule has 0 saturated carbocycles. The Morgan fingerprint density at radius 2 is 2.03 bits per heavy atom. The minimum Gasteiger partial charge on any atom is -0.371 e. The molecule has 8 nitrogen and oxygen atoms in total. The second-order valence-electron chi connectivity index (χ2n) is 8.53. The van der Waals surface area contributed by atoms with Crippen molar-refractivity contribution in [3.63, 3.8) is 0 Å². The number of hydrogen-bond donors (Lipinski definition) is 1. The Hall–Kier alpha value is -3.47. The normalized spacial score (nSPS) is 20.2. The third-order valence-electron chi connectivity index (χ3n) is 6.54. The van der Waals surface area contributed by atoms with E-state index in [-0.39, 0.29) is 40.6 Å². The minimum absolute atomic E-state index is 0.101. The number of hydrogen-bond acceptors (Lipinski definition) is 6. The predicted molar refractivity (Wildman–Crippen MR) is 124 cm³/mol. The summed E-state index contributed by atoms with van der Waals surface area (Å²) in [5, 5.41) is 3.16. The lowest BCUT2D eigenvalue weighted by atomic mass is 9.92. The predicted octanol–water partition coefficient (Wildman–Crippen LogP) is 3.67. The Morgan fingerprint density at radius 3 is 2.66 bits per heavy atom. The number of fused-ring (bicyclic) bond motifs is 1. The summed E-state index contributed by atoms with van der Waals surface area (Å²) in [6, 6.07) is 3.13. The Balaban J connectivity index is 1.85. The fourth-order valence-corrected chi connectivity index (χ4v) is 4.50. The van der Waals surface area contributed by atoms with Crippen LogP contribution in [-0.4, -0.2) is 45.5 Å². The highest BCUT2D eigenvalue weighted by Crippen LogP contribution is 2.36. The van der Waals surface area contributed by atoms with E-state index in [9.17, 15) is 22.8 Å². The van der Waals surface area contributed by atoms with Gasteiger partial charge in [-0.15, -0.1) is 0 Å². The molecule has 186 valence electrons. The van der Waals surface area contributed by atoms with Gasteiger partial charge in [-0.2, -0.15) is 0 Å². The molecule has 2 atom stereocenters. The van der Waals surface area contributed by atoms with Gasteiger partial charge in [0.2, 0.25) is 5.91 Å². The fourth-order valence-electron chi connectivity index (χ4n) is 4.50. The maximum atomic E-state index is 14.9. The number of halogens is 3. The zero-order chi connectivity index (χ0) is 26.4. The van der Waals surface area contributed by atoms with Crippen LogP contribution in [0.1, 0.15) is 50.8 Å². The average Bonchev–Trinajstić information content (AvgIpc) is 3.27. The first-order valence-electron chi connectivity index (χ1n) is 11.4. The van der Waals surface area contributed by atoms with Crippen molar-refractivity contribution in [2.24, 2.45) is 7.05 Å². The number of ether oxygens (including phenoxy) is 1. The summed E-state index contributed by atoms with van der Waals surface area (Å²) in [7, 11) is 2.99. The number of carbonyl (C=O) groups is 1. The van der Waals surface area contributed by atoms with Crippen molar-refractivity contribution in [3.8, 4) is 0 Å². The van der Waals surface area contributed by atoms with Crippen molar-refractivity contribution >= 4 is 22.8 Å². The van der Waals surface area contributed by atoms with Gasteiger partial charge in [0.25, 0.3) is 12.0 Å². The number of anilines is 1. The number of rotatable bonds is 6. The van der Waals surface area contributed by atoms with E-state index in [1.54, 1.807) is 11.0 Å². The number of carbonyl (C=O) groups excluding carboxylic acids is 1. The van der Waals surface area contributed by atoms with Crippen molar-refractivity contribution in [2.75, 3.05) is 25.5 Å². The molecule has 2 aromatic heterocycles. The Bertz CT molecular complexity index is 1400. The summed E-state index contributed by atoms with van der Waals surface area (Å²) >= 11 is 0. The van der Waals surface area contributed by atoms with Gasteiger partial charge >= 0.3 is 0 Å². The van der Waals surface area contributed by atoms with Gasteiger partial charge in [-0.1, -0.05) is 18.2 Å².